The van der Waals surface area contributed by atoms with Crippen molar-refractivity contribution in [2.45, 2.75) is 32.4 Å². The third-order valence-corrected chi connectivity index (χ3v) is 2.89. The highest BCUT2D eigenvalue weighted by Gasteiger charge is 2.16. The molecule has 3 N–H and O–H groups in total. The van der Waals surface area contributed by atoms with E-state index in [1.807, 2.05) is 13.8 Å². The van der Waals surface area contributed by atoms with Crippen molar-refractivity contribution in [3.63, 3.8) is 0 Å². The maximum absolute atomic E-state index is 13.4. The number of aliphatic hydroxyl groups excluding tert-OH is 2. The van der Waals surface area contributed by atoms with E-state index in [1.54, 1.807) is 0 Å². The van der Waals surface area contributed by atoms with Crippen LogP contribution < -0.4 is 5.32 Å². The first-order valence-electron chi connectivity index (χ1n) is 6.41. The number of benzene rings is 1. The molecule has 0 aliphatic carbocycles. The standard InChI is InChI=1S/C14H21F2NO2/c1-9(2)5-11(8-18)17-7-14(19)12-6-10(15)3-4-13(12)16/h3-4,6,9,11,14,17-19H,5,7-8H2,1-2H3. The van der Waals surface area contributed by atoms with Crippen molar-refractivity contribution in [1.29, 1.82) is 0 Å². The van der Waals surface area contributed by atoms with E-state index in [1.165, 1.54) is 0 Å². The second kappa shape index (κ2) is 7.53. The van der Waals surface area contributed by atoms with Gasteiger partial charge < -0.3 is 15.5 Å². The Morgan fingerprint density at radius 3 is 2.53 bits per heavy atom. The van der Waals surface area contributed by atoms with Crippen LogP contribution in [0, 0.1) is 17.6 Å². The summed E-state index contributed by atoms with van der Waals surface area (Å²) in [6.07, 6.45) is -0.397. The van der Waals surface area contributed by atoms with Gasteiger partial charge in [-0.05, 0) is 30.5 Å². The minimum Gasteiger partial charge on any atom is -0.395 e. The van der Waals surface area contributed by atoms with E-state index in [2.05, 4.69) is 5.32 Å². The fourth-order valence-electron chi connectivity index (χ4n) is 1.95. The molecule has 0 heterocycles. The molecule has 0 saturated carbocycles. The Morgan fingerprint density at radius 1 is 1.26 bits per heavy atom. The molecule has 2 atom stereocenters. The van der Waals surface area contributed by atoms with Gasteiger partial charge >= 0.3 is 0 Å². The number of aliphatic hydroxyl groups is 2. The molecule has 0 aromatic heterocycles. The zero-order valence-corrected chi connectivity index (χ0v) is 11.2. The summed E-state index contributed by atoms with van der Waals surface area (Å²) in [5.41, 5.74) is -0.0752. The molecule has 0 saturated heterocycles. The van der Waals surface area contributed by atoms with Crippen LogP contribution in [-0.4, -0.2) is 29.4 Å². The van der Waals surface area contributed by atoms with Crippen LogP contribution in [0.4, 0.5) is 8.78 Å². The molecule has 19 heavy (non-hydrogen) atoms. The van der Waals surface area contributed by atoms with Gasteiger partial charge in [-0.15, -0.1) is 0 Å². The van der Waals surface area contributed by atoms with Crippen LogP contribution >= 0.6 is 0 Å². The van der Waals surface area contributed by atoms with Gasteiger partial charge in [0.15, 0.2) is 0 Å². The average molecular weight is 273 g/mol. The third-order valence-electron chi connectivity index (χ3n) is 2.89. The summed E-state index contributed by atoms with van der Waals surface area (Å²) < 4.78 is 26.4. The summed E-state index contributed by atoms with van der Waals surface area (Å²) in [5, 5.41) is 22.0. The minimum absolute atomic E-state index is 0.0590. The van der Waals surface area contributed by atoms with Crippen LogP contribution in [0.2, 0.25) is 0 Å². The topological polar surface area (TPSA) is 52.5 Å². The van der Waals surface area contributed by atoms with Gasteiger partial charge in [0.25, 0.3) is 0 Å². The monoisotopic (exact) mass is 273 g/mol. The highest BCUT2D eigenvalue weighted by molar-refractivity contribution is 5.21. The van der Waals surface area contributed by atoms with Crippen molar-refractivity contribution in [2.24, 2.45) is 5.92 Å². The van der Waals surface area contributed by atoms with Crippen molar-refractivity contribution < 1.29 is 19.0 Å². The summed E-state index contributed by atoms with van der Waals surface area (Å²) in [7, 11) is 0. The maximum atomic E-state index is 13.4. The fraction of sp³-hybridized carbons (Fsp3) is 0.571. The van der Waals surface area contributed by atoms with E-state index < -0.39 is 17.7 Å². The Labute approximate surface area is 112 Å². The molecule has 0 aliphatic heterocycles. The summed E-state index contributed by atoms with van der Waals surface area (Å²) in [6, 6.07) is 2.82. The number of rotatable bonds is 7. The van der Waals surface area contributed by atoms with Gasteiger partial charge in [0.2, 0.25) is 0 Å². The summed E-state index contributed by atoms with van der Waals surface area (Å²) in [5.74, 6) is -0.829. The lowest BCUT2D eigenvalue weighted by atomic mass is 10.0. The molecule has 1 rings (SSSR count). The third kappa shape index (κ3) is 5.22. The van der Waals surface area contributed by atoms with Crippen molar-refractivity contribution in [3.05, 3.63) is 35.4 Å². The minimum atomic E-state index is -1.14. The summed E-state index contributed by atoms with van der Waals surface area (Å²) in [4.78, 5) is 0. The first kappa shape index (κ1) is 16.0. The molecule has 1 aromatic carbocycles. The molecule has 0 fully saturated rings. The molecule has 0 amide bonds. The first-order chi connectivity index (χ1) is 8.93. The lowest BCUT2D eigenvalue weighted by Crippen LogP contribution is -2.36. The lowest BCUT2D eigenvalue weighted by Gasteiger charge is -2.20. The molecule has 0 aliphatic rings. The zero-order valence-electron chi connectivity index (χ0n) is 11.2. The largest absolute Gasteiger partial charge is 0.395 e. The molecule has 2 unspecified atom stereocenters. The molecule has 3 nitrogen and oxygen atoms in total. The van der Waals surface area contributed by atoms with Gasteiger partial charge in [-0.3, -0.25) is 0 Å². The van der Waals surface area contributed by atoms with Crippen molar-refractivity contribution in [3.8, 4) is 0 Å². The van der Waals surface area contributed by atoms with Gasteiger partial charge in [0.1, 0.15) is 11.6 Å². The molecule has 0 spiro atoms. The second-order valence-electron chi connectivity index (χ2n) is 5.10. The molecule has 1 aromatic rings. The number of nitrogens with one attached hydrogen (secondary N) is 1. The van der Waals surface area contributed by atoms with E-state index in [0.717, 1.165) is 24.6 Å². The molecule has 0 bridgehead atoms. The SMILES string of the molecule is CC(C)CC(CO)NCC(O)c1cc(F)ccc1F. The highest BCUT2D eigenvalue weighted by atomic mass is 19.1. The van der Waals surface area contributed by atoms with Gasteiger partial charge in [0, 0.05) is 18.2 Å². The quantitative estimate of drug-likeness (QED) is 0.712. The van der Waals surface area contributed by atoms with Crippen LogP contribution in [0.15, 0.2) is 18.2 Å². The van der Waals surface area contributed by atoms with Crippen molar-refractivity contribution >= 4 is 0 Å². The number of halogens is 2. The van der Waals surface area contributed by atoms with Crippen LogP contribution in [-0.2, 0) is 0 Å². The molecule has 5 heteroatoms. The Bertz CT molecular complexity index is 399. The van der Waals surface area contributed by atoms with Crippen LogP contribution in [0.5, 0.6) is 0 Å². The van der Waals surface area contributed by atoms with Crippen LogP contribution in [0.3, 0.4) is 0 Å². The average Bonchev–Trinajstić information content (AvgIpc) is 2.36. The van der Waals surface area contributed by atoms with E-state index in [0.29, 0.717) is 5.92 Å². The van der Waals surface area contributed by atoms with Crippen molar-refractivity contribution in [2.75, 3.05) is 13.2 Å². The van der Waals surface area contributed by atoms with Gasteiger partial charge in [-0.25, -0.2) is 8.78 Å². The lowest BCUT2D eigenvalue weighted by molar-refractivity contribution is 0.150. The zero-order chi connectivity index (χ0) is 14.4. The molecule has 108 valence electrons. The van der Waals surface area contributed by atoms with Crippen LogP contribution in [0.25, 0.3) is 0 Å². The molecule has 0 radical (unpaired) electrons. The fourth-order valence-corrected chi connectivity index (χ4v) is 1.95. The Morgan fingerprint density at radius 2 is 1.95 bits per heavy atom. The number of hydrogen-bond acceptors (Lipinski definition) is 3. The van der Waals surface area contributed by atoms with Crippen LogP contribution in [0.1, 0.15) is 31.9 Å². The van der Waals surface area contributed by atoms with E-state index in [9.17, 15) is 19.0 Å². The van der Waals surface area contributed by atoms with Gasteiger partial charge in [-0.1, -0.05) is 13.8 Å². The smallest absolute Gasteiger partial charge is 0.129 e. The normalized spacial score (nSPS) is 14.7. The second-order valence-corrected chi connectivity index (χ2v) is 5.10. The van der Waals surface area contributed by atoms with Gasteiger partial charge in [0.05, 0.1) is 12.7 Å². The maximum Gasteiger partial charge on any atom is 0.129 e. The predicted octanol–water partition coefficient (Wildman–Crippen LogP) is 1.99. The number of hydrogen-bond donors (Lipinski definition) is 3. The Hall–Kier alpha value is -1.04. The summed E-state index contributed by atoms with van der Waals surface area (Å²) >= 11 is 0. The summed E-state index contributed by atoms with van der Waals surface area (Å²) in [6.45, 7) is 4.05. The highest BCUT2D eigenvalue weighted by Crippen LogP contribution is 2.18. The van der Waals surface area contributed by atoms with Gasteiger partial charge in [-0.2, -0.15) is 0 Å². The van der Waals surface area contributed by atoms with E-state index >= 15 is 0 Å². The van der Waals surface area contributed by atoms with E-state index in [4.69, 9.17) is 0 Å². The van der Waals surface area contributed by atoms with Crippen molar-refractivity contribution in [1.82, 2.24) is 5.32 Å². The Kier molecular flexibility index (Phi) is 6.34. The van der Waals surface area contributed by atoms with E-state index in [-0.39, 0.29) is 24.8 Å². The predicted molar refractivity (Wildman–Crippen MR) is 69.6 cm³/mol. The molecular formula is C14H21F2NO2. The molecular weight excluding hydrogens is 252 g/mol. The first-order valence-corrected chi connectivity index (χ1v) is 6.41. The Balaban J connectivity index is 2.59.